The summed E-state index contributed by atoms with van der Waals surface area (Å²) in [5, 5.41) is 0.780. The van der Waals surface area contributed by atoms with Crippen molar-refractivity contribution in [3.05, 3.63) is 30.1 Å². The highest BCUT2D eigenvalue weighted by Crippen LogP contribution is 2.16. The molecular weight excluding hydrogens is 176 g/mol. The minimum Gasteiger partial charge on any atom is -0.298 e. The largest absolute Gasteiger partial charge is 0.298 e. The smallest absolute Gasteiger partial charge is 0.155 e. The first-order chi connectivity index (χ1) is 5.83. The van der Waals surface area contributed by atoms with Crippen LogP contribution in [0.15, 0.2) is 24.5 Å². The number of carbonyl (C=O) groups is 1. The van der Waals surface area contributed by atoms with Crippen molar-refractivity contribution in [1.29, 1.82) is 0 Å². The summed E-state index contributed by atoms with van der Waals surface area (Å²) in [6.45, 7) is 0. The summed E-state index contributed by atoms with van der Waals surface area (Å²) in [4.78, 5) is 14.6. The topological polar surface area (TPSA) is 34.9 Å². The van der Waals surface area contributed by atoms with Gasteiger partial charge in [0, 0.05) is 35.1 Å². The van der Waals surface area contributed by atoms with E-state index >= 15 is 0 Å². The van der Waals surface area contributed by atoms with Gasteiger partial charge in [0.05, 0.1) is 0 Å². The molecule has 2 aromatic rings. The summed E-state index contributed by atoms with van der Waals surface area (Å²) in [6, 6.07) is 3.42. The first-order valence-corrected chi connectivity index (χ1v) is 3.74. The predicted octanol–water partition coefficient (Wildman–Crippen LogP) is 1.85. The lowest BCUT2D eigenvalue weighted by molar-refractivity contribution is 0.112. The van der Waals surface area contributed by atoms with E-state index in [-0.39, 0.29) is 0 Å². The van der Waals surface area contributed by atoms with Crippen LogP contribution in [0.4, 0.5) is 0 Å². The fraction of sp³-hybridized carbons (Fsp3) is 0. The van der Waals surface area contributed by atoms with Crippen LogP contribution in [0.3, 0.4) is 0 Å². The van der Waals surface area contributed by atoms with Gasteiger partial charge in [-0.15, -0.1) is 0 Å². The molecule has 2 heterocycles. The van der Waals surface area contributed by atoms with Gasteiger partial charge in [-0.05, 0) is 12.1 Å². The third kappa shape index (κ3) is 0.905. The maximum absolute atomic E-state index is 10.5. The molecule has 0 saturated carbocycles. The second-order valence-electron chi connectivity index (χ2n) is 2.38. The highest BCUT2D eigenvalue weighted by Gasteiger charge is 2.03. The van der Waals surface area contributed by atoms with Crippen molar-refractivity contribution >= 4 is 29.1 Å². The van der Waals surface area contributed by atoms with Crippen LogP contribution in [0.2, 0.25) is 0 Å². The van der Waals surface area contributed by atoms with E-state index in [1.165, 1.54) is 4.09 Å². The molecule has 0 bridgehead atoms. The molecule has 0 N–H and O–H groups in total. The Labute approximate surface area is 73.7 Å². The highest BCUT2D eigenvalue weighted by atomic mass is 35.5. The molecule has 0 amide bonds. The molecular formula is C8H5ClN2O. The average Bonchev–Trinajstić information content (AvgIpc) is 2.48. The number of aromatic nitrogens is 2. The van der Waals surface area contributed by atoms with Crippen LogP contribution in [-0.2, 0) is 0 Å². The number of pyridine rings is 1. The Kier molecular flexibility index (Phi) is 1.59. The van der Waals surface area contributed by atoms with Crippen LogP contribution in [0, 0.1) is 0 Å². The standard InChI is InChI=1S/C8H5ClN2O/c9-11-4-2-7-6(5-12)1-3-10-8(7)11/h1-5H. The number of aldehydes is 1. The summed E-state index contributed by atoms with van der Waals surface area (Å²) in [5.74, 6) is 0. The second kappa shape index (κ2) is 2.60. The summed E-state index contributed by atoms with van der Waals surface area (Å²) >= 11 is 5.74. The number of nitrogens with zero attached hydrogens (tertiary/aromatic N) is 2. The van der Waals surface area contributed by atoms with E-state index < -0.39 is 0 Å². The van der Waals surface area contributed by atoms with Gasteiger partial charge in [0.1, 0.15) is 0 Å². The van der Waals surface area contributed by atoms with Crippen LogP contribution in [0.5, 0.6) is 0 Å². The van der Waals surface area contributed by atoms with E-state index in [0.717, 1.165) is 11.7 Å². The molecule has 2 aromatic heterocycles. The summed E-state index contributed by atoms with van der Waals surface area (Å²) in [7, 11) is 0. The molecule has 0 radical (unpaired) electrons. The van der Waals surface area contributed by atoms with Crippen LogP contribution < -0.4 is 0 Å². The van der Waals surface area contributed by atoms with Crippen LogP contribution >= 0.6 is 11.8 Å². The number of carbonyl (C=O) groups excluding carboxylic acids is 1. The number of halogens is 1. The van der Waals surface area contributed by atoms with Crippen molar-refractivity contribution in [2.45, 2.75) is 0 Å². The van der Waals surface area contributed by atoms with Gasteiger partial charge in [-0.25, -0.2) is 9.07 Å². The van der Waals surface area contributed by atoms with Crippen molar-refractivity contribution in [1.82, 2.24) is 9.07 Å². The zero-order chi connectivity index (χ0) is 8.55. The molecule has 3 nitrogen and oxygen atoms in total. The molecule has 0 aliphatic carbocycles. The number of hydrogen-bond acceptors (Lipinski definition) is 2. The lowest BCUT2D eigenvalue weighted by atomic mass is 10.2. The first kappa shape index (κ1) is 7.31. The highest BCUT2D eigenvalue weighted by molar-refractivity contribution is 6.19. The molecule has 0 atom stereocenters. The average molecular weight is 181 g/mol. The fourth-order valence-corrected chi connectivity index (χ4v) is 1.32. The van der Waals surface area contributed by atoms with Gasteiger partial charge in [-0.1, -0.05) is 0 Å². The molecule has 0 aliphatic rings. The van der Waals surface area contributed by atoms with Crippen molar-refractivity contribution in [3.63, 3.8) is 0 Å². The van der Waals surface area contributed by atoms with Crippen LogP contribution in [0.1, 0.15) is 10.4 Å². The van der Waals surface area contributed by atoms with E-state index in [9.17, 15) is 4.79 Å². The molecule has 0 fully saturated rings. The minimum atomic E-state index is 0.611. The van der Waals surface area contributed by atoms with Gasteiger partial charge in [0.25, 0.3) is 0 Å². The summed E-state index contributed by atoms with van der Waals surface area (Å²) in [5.41, 5.74) is 1.22. The van der Waals surface area contributed by atoms with Gasteiger partial charge in [-0.3, -0.25) is 4.79 Å². The molecule has 0 unspecified atom stereocenters. The van der Waals surface area contributed by atoms with E-state index in [4.69, 9.17) is 11.8 Å². The van der Waals surface area contributed by atoms with E-state index in [2.05, 4.69) is 4.98 Å². The van der Waals surface area contributed by atoms with Gasteiger partial charge in [0.2, 0.25) is 0 Å². The van der Waals surface area contributed by atoms with E-state index in [0.29, 0.717) is 11.2 Å². The van der Waals surface area contributed by atoms with Gasteiger partial charge < -0.3 is 0 Å². The van der Waals surface area contributed by atoms with E-state index in [1.807, 2.05) is 0 Å². The van der Waals surface area contributed by atoms with Crippen molar-refractivity contribution < 1.29 is 4.79 Å². The number of hydrogen-bond donors (Lipinski definition) is 0. The fourth-order valence-electron chi connectivity index (χ4n) is 1.13. The molecule has 0 aromatic carbocycles. The number of fused-ring (bicyclic) bond motifs is 1. The monoisotopic (exact) mass is 180 g/mol. The van der Waals surface area contributed by atoms with E-state index in [1.54, 1.807) is 24.5 Å². The zero-order valence-corrected chi connectivity index (χ0v) is 6.82. The Hall–Kier alpha value is -1.35. The predicted molar refractivity (Wildman–Crippen MR) is 46.4 cm³/mol. The van der Waals surface area contributed by atoms with Crippen molar-refractivity contribution in [2.75, 3.05) is 0 Å². The first-order valence-electron chi connectivity index (χ1n) is 3.40. The molecule has 2 rings (SSSR count). The summed E-state index contributed by atoms with van der Waals surface area (Å²) in [6.07, 6.45) is 4.01. The Balaban J connectivity index is 2.89. The quantitative estimate of drug-likeness (QED) is 0.628. The molecule has 4 heteroatoms. The Bertz CT molecular complexity index is 436. The molecule has 12 heavy (non-hydrogen) atoms. The maximum Gasteiger partial charge on any atom is 0.155 e. The van der Waals surface area contributed by atoms with Gasteiger partial charge in [-0.2, -0.15) is 0 Å². The SMILES string of the molecule is O=Cc1ccnc2c1ccn2Cl. The van der Waals surface area contributed by atoms with Gasteiger partial charge in [0.15, 0.2) is 11.9 Å². The Morgan fingerprint density at radius 2 is 2.33 bits per heavy atom. The lowest BCUT2D eigenvalue weighted by Crippen LogP contribution is -1.85. The molecule has 60 valence electrons. The minimum absolute atomic E-state index is 0.611. The molecule has 0 aliphatic heterocycles. The molecule has 0 spiro atoms. The van der Waals surface area contributed by atoms with Crippen molar-refractivity contribution in [3.8, 4) is 0 Å². The number of rotatable bonds is 1. The third-order valence-electron chi connectivity index (χ3n) is 1.70. The Morgan fingerprint density at radius 1 is 1.50 bits per heavy atom. The summed E-state index contributed by atoms with van der Waals surface area (Å²) < 4.78 is 1.36. The lowest BCUT2D eigenvalue weighted by Gasteiger charge is -1.93. The second-order valence-corrected chi connectivity index (χ2v) is 2.75. The third-order valence-corrected chi connectivity index (χ3v) is 1.98. The van der Waals surface area contributed by atoms with Gasteiger partial charge >= 0.3 is 0 Å². The normalized spacial score (nSPS) is 10.4. The van der Waals surface area contributed by atoms with Crippen LogP contribution in [-0.4, -0.2) is 15.4 Å². The maximum atomic E-state index is 10.5. The Morgan fingerprint density at radius 3 is 3.08 bits per heavy atom. The zero-order valence-electron chi connectivity index (χ0n) is 6.07. The van der Waals surface area contributed by atoms with Crippen molar-refractivity contribution in [2.24, 2.45) is 0 Å². The molecule has 0 saturated heterocycles. The van der Waals surface area contributed by atoms with Crippen LogP contribution in [0.25, 0.3) is 11.0 Å².